The topological polar surface area (TPSA) is 78.4 Å². The number of amides is 1. The second kappa shape index (κ2) is 9.77. The molecule has 7 heteroatoms. The standard InChI is InChI=1S/C24H19N3O3S/c28-21-13-5-4-11-19(21)16-25-26-24-27(17-20-12-7-15-30-20)23(29)22(31-24)14-6-10-18-8-2-1-3-9-18/h1-16,28H,17H2/b10-6+,22-14-,25-16-,26-24+. The van der Waals surface area contributed by atoms with E-state index in [4.69, 9.17) is 4.42 Å². The zero-order valence-electron chi connectivity index (χ0n) is 16.5. The van der Waals surface area contributed by atoms with Crippen molar-refractivity contribution in [3.05, 3.63) is 107 Å². The lowest BCUT2D eigenvalue weighted by Crippen LogP contribution is -2.28. The van der Waals surface area contributed by atoms with E-state index in [0.717, 1.165) is 5.56 Å². The fourth-order valence-electron chi connectivity index (χ4n) is 2.84. The second-order valence-electron chi connectivity index (χ2n) is 6.56. The van der Waals surface area contributed by atoms with Crippen LogP contribution in [0.3, 0.4) is 0 Å². The van der Waals surface area contributed by atoms with E-state index >= 15 is 0 Å². The zero-order valence-corrected chi connectivity index (χ0v) is 17.3. The molecule has 1 aromatic heterocycles. The average molecular weight is 430 g/mol. The first-order valence-corrected chi connectivity index (χ1v) is 10.4. The third-order valence-electron chi connectivity index (χ3n) is 4.39. The maximum Gasteiger partial charge on any atom is 0.267 e. The number of phenols is 1. The van der Waals surface area contributed by atoms with Crippen LogP contribution in [0.2, 0.25) is 0 Å². The monoisotopic (exact) mass is 429 g/mol. The summed E-state index contributed by atoms with van der Waals surface area (Å²) >= 11 is 1.24. The largest absolute Gasteiger partial charge is 0.507 e. The normalized spacial score (nSPS) is 17.0. The first kappa shape index (κ1) is 20.4. The Morgan fingerprint density at radius 2 is 1.84 bits per heavy atom. The maximum absolute atomic E-state index is 13.0. The number of rotatable bonds is 6. The van der Waals surface area contributed by atoms with Gasteiger partial charge in [0.15, 0.2) is 5.17 Å². The molecule has 0 bridgehead atoms. The number of amidine groups is 1. The number of benzene rings is 2. The van der Waals surface area contributed by atoms with Crippen molar-refractivity contribution in [2.45, 2.75) is 6.54 Å². The third kappa shape index (κ3) is 5.21. The molecule has 0 spiro atoms. The first-order chi connectivity index (χ1) is 15.2. The highest BCUT2D eigenvalue weighted by Gasteiger charge is 2.33. The molecule has 0 aliphatic carbocycles. The lowest BCUT2D eigenvalue weighted by atomic mass is 10.2. The van der Waals surface area contributed by atoms with Crippen molar-refractivity contribution in [2.24, 2.45) is 10.2 Å². The predicted molar refractivity (Wildman–Crippen MR) is 124 cm³/mol. The molecular formula is C24H19N3O3S. The second-order valence-corrected chi connectivity index (χ2v) is 7.57. The van der Waals surface area contributed by atoms with Gasteiger partial charge in [-0.15, -0.1) is 5.10 Å². The van der Waals surface area contributed by atoms with Gasteiger partial charge in [-0.1, -0.05) is 54.6 Å². The summed E-state index contributed by atoms with van der Waals surface area (Å²) in [6, 6.07) is 20.3. The van der Waals surface area contributed by atoms with Gasteiger partial charge in [0.05, 0.1) is 23.9 Å². The fourth-order valence-corrected chi connectivity index (χ4v) is 3.73. The molecule has 2 heterocycles. The van der Waals surface area contributed by atoms with Crippen molar-refractivity contribution in [3.63, 3.8) is 0 Å². The van der Waals surface area contributed by atoms with E-state index in [1.165, 1.54) is 22.9 Å². The Morgan fingerprint density at radius 3 is 2.61 bits per heavy atom. The van der Waals surface area contributed by atoms with Crippen molar-refractivity contribution < 1.29 is 14.3 Å². The van der Waals surface area contributed by atoms with Crippen LogP contribution in [0.5, 0.6) is 5.75 Å². The molecule has 0 saturated carbocycles. The lowest BCUT2D eigenvalue weighted by molar-refractivity contribution is -0.122. The van der Waals surface area contributed by atoms with Crippen LogP contribution in [-0.4, -0.2) is 27.3 Å². The van der Waals surface area contributed by atoms with Gasteiger partial charge in [0, 0.05) is 5.56 Å². The van der Waals surface area contributed by atoms with Crippen molar-refractivity contribution in [3.8, 4) is 5.75 Å². The maximum atomic E-state index is 13.0. The number of carbonyl (C=O) groups is 1. The average Bonchev–Trinajstić information content (AvgIpc) is 3.40. The Hall–Kier alpha value is -3.84. The zero-order chi connectivity index (χ0) is 21.5. The number of thioether (sulfide) groups is 1. The summed E-state index contributed by atoms with van der Waals surface area (Å²) in [4.78, 5) is 15.0. The minimum Gasteiger partial charge on any atom is -0.507 e. The molecule has 6 nitrogen and oxygen atoms in total. The van der Waals surface area contributed by atoms with Crippen molar-refractivity contribution in [1.29, 1.82) is 0 Å². The molecule has 3 aromatic rings. The highest BCUT2D eigenvalue weighted by atomic mass is 32.2. The smallest absolute Gasteiger partial charge is 0.267 e. The van der Waals surface area contributed by atoms with Gasteiger partial charge in [-0.3, -0.25) is 9.69 Å². The third-order valence-corrected chi connectivity index (χ3v) is 5.41. The molecule has 1 saturated heterocycles. The highest BCUT2D eigenvalue weighted by molar-refractivity contribution is 8.18. The summed E-state index contributed by atoms with van der Waals surface area (Å²) in [5, 5.41) is 18.6. The minimum atomic E-state index is -0.171. The summed E-state index contributed by atoms with van der Waals surface area (Å²) < 4.78 is 5.39. The fraction of sp³-hybridized carbons (Fsp3) is 0.0417. The van der Waals surface area contributed by atoms with Crippen LogP contribution in [0, 0.1) is 0 Å². The van der Waals surface area contributed by atoms with Crippen LogP contribution in [0.4, 0.5) is 0 Å². The molecule has 154 valence electrons. The Kier molecular flexibility index (Phi) is 6.44. The Balaban J connectivity index is 1.57. The molecule has 1 amide bonds. The number of hydrogen-bond acceptors (Lipinski definition) is 6. The lowest BCUT2D eigenvalue weighted by Gasteiger charge is -2.12. The first-order valence-electron chi connectivity index (χ1n) is 9.55. The van der Waals surface area contributed by atoms with Crippen LogP contribution in [0.1, 0.15) is 16.9 Å². The van der Waals surface area contributed by atoms with Gasteiger partial charge in [-0.25, -0.2) is 0 Å². The number of phenolic OH excluding ortho intramolecular Hbond substituents is 1. The molecule has 4 rings (SSSR count). The van der Waals surface area contributed by atoms with Gasteiger partial charge in [0.25, 0.3) is 5.91 Å². The van der Waals surface area contributed by atoms with E-state index in [0.29, 0.717) is 21.4 Å². The van der Waals surface area contributed by atoms with E-state index in [9.17, 15) is 9.90 Å². The Labute approximate surface area is 183 Å². The Morgan fingerprint density at radius 1 is 1.03 bits per heavy atom. The van der Waals surface area contributed by atoms with Crippen molar-refractivity contribution >= 4 is 35.1 Å². The molecule has 1 N–H and O–H groups in total. The van der Waals surface area contributed by atoms with Crippen LogP contribution < -0.4 is 0 Å². The molecule has 0 radical (unpaired) electrons. The Bertz CT molecular complexity index is 1170. The number of nitrogens with zero attached hydrogens (tertiary/aromatic N) is 3. The number of hydrogen-bond donors (Lipinski definition) is 1. The van der Waals surface area contributed by atoms with E-state index in [-0.39, 0.29) is 18.2 Å². The molecule has 1 fully saturated rings. The van der Waals surface area contributed by atoms with Gasteiger partial charge in [-0.05, 0) is 47.7 Å². The number of aromatic hydroxyl groups is 1. The molecule has 0 unspecified atom stereocenters. The molecule has 31 heavy (non-hydrogen) atoms. The van der Waals surface area contributed by atoms with E-state index in [2.05, 4.69) is 10.2 Å². The van der Waals surface area contributed by atoms with Crippen molar-refractivity contribution in [2.75, 3.05) is 0 Å². The van der Waals surface area contributed by atoms with Crippen LogP contribution in [0.25, 0.3) is 6.08 Å². The molecular weight excluding hydrogens is 410 g/mol. The van der Waals surface area contributed by atoms with Gasteiger partial charge < -0.3 is 9.52 Å². The number of carbonyl (C=O) groups excluding carboxylic acids is 1. The van der Waals surface area contributed by atoms with Crippen LogP contribution in [-0.2, 0) is 11.3 Å². The summed E-state index contributed by atoms with van der Waals surface area (Å²) in [5.41, 5.74) is 1.59. The number of allylic oxidation sites excluding steroid dienone is 2. The highest BCUT2D eigenvalue weighted by Crippen LogP contribution is 2.32. The molecule has 2 aromatic carbocycles. The summed E-state index contributed by atoms with van der Waals surface area (Å²) in [7, 11) is 0. The quantitative estimate of drug-likeness (QED) is 0.338. The number of furan rings is 1. The summed E-state index contributed by atoms with van der Waals surface area (Å²) in [6.07, 6.45) is 8.56. The summed E-state index contributed by atoms with van der Waals surface area (Å²) in [6.45, 7) is 0.253. The minimum absolute atomic E-state index is 0.112. The van der Waals surface area contributed by atoms with E-state index in [1.807, 2.05) is 42.5 Å². The van der Waals surface area contributed by atoms with E-state index in [1.54, 1.807) is 48.7 Å². The van der Waals surface area contributed by atoms with E-state index < -0.39 is 0 Å². The molecule has 1 aliphatic rings. The molecule has 1 aliphatic heterocycles. The summed E-state index contributed by atoms with van der Waals surface area (Å²) in [5.74, 6) is 0.587. The van der Waals surface area contributed by atoms with Gasteiger partial charge in [0.1, 0.15) is 11.5 Å². The van der Waals surface area contributed by atoms with Crippen LogP contribution >= 0.6 is 11.8 Å². The van der Waals surface area contributed by atoms with Crippen molar-refractivity contribution in [1.82, 2.24) is 4.90 Å². The predicted octanol–water partition coefficient (Wildman–Crippen LogP) is 5.05. The van der Waals surface area contributed by atoms with Gasteiger partial charge >= 0.3 is 0 Å². The van der Waals surface area contributed by atoms with Crippen LogP contribution in [0.15, 0.2) is 105 Å². The number of para-hydroxylation sites is 1. The van der Waals surface area contributed by atoms with Gasteiger partial charge in [-0.2, -0.15) is 5.10 Å². The molecule has 0 atom stereocenters. The SMILES string of the molecule is O=C1/C(=C/C=C/c2ccccc2)S/C(=N/N=C\c2ccccc2O)N1Cc1ccco1. The van der Waals surface area contributed by atoms with Gasteiger partial charge in [0.2, 0.25) is 0 Å².